The molecule has 30 heavy (non-hydrogen) atoms. The van der Waals surface area contributed by atoms with Gasteiger partial charge in [-0.05, 0) is 57.0 Å². The maximum absolute atomic E-state index is 13.5. The van der Waals surface area contributed by atoms with E-state index in [9.17, 15) is 9.59 Å². The molecule has 0 radical (unpaired) electrons. The van der Waals surface area contributed by atoms with Crippen LogP contribution in [0.3, 0.4) is 0 Å². The summed E-state index contributed by atoms with van der Waals surface area (Å²) in [6.45, 7) is 8.70. The maximum Gasteiger partial charge on any atom is 0.316 e. The lowest BCUT2D eigenvalue weighted by Gasteiger charge is -2.13. The summed E-state index contributed by atoms with van der Waals surface area (Å²) in [5, 5.41) is 1.13. The van der Waals surface area contributed by atoms with E-state index in [4.69, 9.17) is 14.5 Å². The molecular formula is C22H26N2O4S2. The van der Waals surface area contributed by atoms with Crippen LogP contribution in [0.2, 0.25) is 0 Å². The zero-order chi connectivity index (χ0) is 21.7. The number of thiophene rings is 1. The van der Waals surface area contributed by atoms with Crippen LogP contribution in [0.4, 0.5) is 0 Å². The second kappa shape index (κ2) is 10.1. The summed E-state index contributed by atoms with van der Waals surface area (Å²) in [5.41, 5.74) is 1.56. The standard InChI is InChI=1S/C22H26N2O4S2/c1-5-8-17-14(4)19-20(30-17)23-22(29-13-18(25)28-7-3)24(21(19)26)15-9-11-16(12-10-15)27-6-2/h9-12H,5-8,13H2,1-4H3. The Bertz CT molecular complexity index is 1090. The Morgan fingerprint density at radius 1 is 1.17 bits per heavy atom. The molecule has 0 aliphatic rings. The molecule has 2 heterocycles. The van der Waals surface area contributed by atoms with Crippen LogP contribution in [0, 0.1) is 6.92 Å². The zero-order valence-electron chi connectivity index (χ0n) is 17.7. The Labute approximate surface area is 184 Å². The first-order valence-electron chi connectivity index (χ1n) is 10.1. The highest BCUT2D eigenvalue weighted by Gasteiger charge is 2.20. The fourth-order valence-electron chi connectivity index (χ4n) is 3.18. The molecule has 0 atom stereocenters. The highest BCUT2D eigenvalue weighted by molar-refractivity contribution is 7.99. The molecule has 8 heteroatoms. The van der Waals surface area contributed by atoms with Crippen molar-refractivity contribution in [2.45, 2.75) is 45.7 Å². The van der Waals surface area contributed by atoms with Gasteiger partial charge in [0.1, 0.15) is 10.6 Å². The molecule has 6 nitrogen and oxygen atoms in total. The molecular weight excluding hydrogens is 420 g/mol. The third kappa shape index (κ3) is 4.70. The predicted molar refractivity (Wildman–Crippen MR) is 122 cm³/mol. The van der Waals surface area contributed by atoms with E-state index in [0.717, 1.165) is 29.0 Å². The van der Waals surface area contributed by atoms with Crippen LogP contribution < -0.4 is 10.3 Å². The van der Waals surface area contributed by atoms with Gasteiger partial charge in [0.25, 0.3) is 5.56 Å². The lowest BCUT2D eigenvalue weighted by atomic mass is 10.1. The van der Waals surface area contributed by atoms with Gasteiger partial charge in [0, 0.05) is 4.88 Å². The van der Waals surface area contributed by atoms with E-state index in [1.54, 1.807) is 22.8 Å². The summed E-state index contributed by atoms with van der Waals surface area (Å²) in [6.07, 6.45) is 1.92. The first kappa shape index (κ1) is 22.4. The van der Waals surface area contributed by atoms with Gasteiger partial charge in [-0.1, -0.05) is 25.1 Å². The Morgan fingerprint density at radius 3 is 2.53 bits per heavy atom. The fraction of sp³-hybridized carbons (Fsp3) is 0.409. The Kier molecular flexibility index (Phi) is 7.55. The molecule has 0 N–H and O–H groups in total. The van der Waals surface area contributed by atoms with Crippen LogP contribution in [0.1, 0.15) is 37.6 Å². The number of fused-ring (bicyclic) bond motifs is 1. The number of carbonyl (C=O) groups excluding carboxylic acids is 1. The number of ether oxygens (including phenoxy) is 2. The Morgan fingerprint density at radius 2 is 1.90 bits per heavy atom. The summed E-state index contributed by atoms with van der Waals surface area (Å²) in [4.78, 5) is 32.1. The quantitative estimate of drug-likeness (QED) is 0.268. The number of esters is 1. The smallest absolute Gasteiger partial charge is 0.316 e. The SMILES string of the molecule is CCCc1sc2nc(SCC(=O)OCC)n(-c3ccc(OCC)cc3)c(=O)c2c1C. The average molecular weight is 447 g/mol. The normalized spacial score (nSPS) is 11.1. The molecule has 0 saturated carbocycles. The second-order valence-electron chi connectivity index (χ2n) is 6.64. The predicted octanol–water partition coefficient (Wildman–Crippen LogP) is 4.76. The van der Waals surface area contributed by atoms with Gasteiger partial charge in [-0.3, -0.25) is 14.2 Å². The number of nitrogens with zero attached hydrogens (tertiary/aromatic N) is 2. The number of benzene rings is 1. The van der Waals surface area contributed by atoms with E-state index in [1.165, 1.54) is 16.6 Å². The van der Waals surface area contributed by atoms with Gasteiger partial charge in [0.05, 0.1) is 30.0 Å². The van der Waals surface area contributed by atoms with Gasteiger partial charge in [-0.25, -0.2) is 4.98 Å². The molecule has 2 aromatic heterocycles. The van der Waals surface area contributed by atoms with Gasteiger partial charge in [-0.2, -0.15) is 0 Å². The van der Waals surface area contributed by atoms with Gasteiger partial charge in [0.2, 0.25) is 0 Å². The van der Waals surface area contributed by atoms with Crippen molar-refractivity contribution in [1.82, 2.24) is 9.55 Å². The summed E-state index contributed by atoms with van der Waals surface area (Å²) < 4.78 is 12.1. The maximum atomic E-state index is 13.5. The third-order valence-electron chi connectivity index (χ3n) is 4.54. The van der Waals surface area contributed by atoms with E-state index >= 15 is 0 Å². The number of thioether (sulfide) groups is 1. The summed E-state index contributed by atoms with van der Waals surface area (Å²) in [6, 6.07) is 7.34. The fourth-order valence-corrected chi connectivity index (χ4v) is 5.32. The number of hydrogen-bond acceptors (Lipinski definition) is 7. The summed E-state index contributed by atoms with van der Waals surface area (Å²) in [5.74, 6) is 0.500. The van der Waals surface area contributed by atoms with Crippen LogP contribution in [-0.4, -0.2) is 34.5 Å². The monoisotopic (exact) mass is 446 g/mol. The molecule has 3 rings (SSSR count). The van der Waals surface area contributed by atoms with Crippen molar-refractivity contribution >= 4 is 39.3 Å². The van der Waals surface area contributed by atoms with Gasteiger partial charge in [-0.15, -0.1) is 11.3 Å². The number of hydrogen-bond donors (Lipinski definition) is 0. The first-order valence-corrected chi connectivity index (χ1v) is 11.9. The Balaban J connectivity index is 2.13. The second-order valence-corrected chi connectivity index (χ2v) is 8.66. The highest BCUT2D eigenvalue weighted by atomic mass is 32.2. The van der Waals surface area contributed by atoms with Gasteiger partial charge in [0.15, 0.2) is 5.16 Å². The zero-order valence-corrected chi connectivity index (χ0v) is 19.3. The molecule has 0 aliphatic heterocycles. The van der Waals surface area contributed by atoms with E-state index in [0.29, 0.717) is 29.4 Å². The van der Waals surface area contributed by atoms with Crippen molar-refractivity contribution in [2.75, 3.05) is 19.0 Å². The number of carbonyl (C=O) groups is 1. The minimum Gasteiger partial charge on any atom is -0.494 e. The average Bonchev–Trinajstić information content (AvgIpc) is 3.04. The van der Waals surface area contributed by atoms with Crippen LogP contribution in [0.15, 0.2) is 34.2 Å². The third-order valence-corrected chi connectivity index (χ3v) is 6.70. The van der Waals surface area contributed by atoms with Crippen molar-refractivity contribution in [1.29, 1.82) is 0 Å². The van der Waals surface area contributed by atoms with E-state index in [2.05, 4.69) is 6.92 Å². The van der Waals surface area contributed by atoms with Gasteiger partial charge < -0.3 is 9.47 Å². The number of aryl methyl sites for hydroxylation is 2. The molecule has 0 fully saturated rings. The molecule has 0 bridgehead atoms. The molecule has 1 aromatic carbocycles. The van der Waals surface area contributed by atoms with Crippen molar-refractivity contribution in [3.63, 3.8) is 0 Å². The van der Waals surface area contributed by atoms with Crippen molar-refractivity contribution in [3.8, 4) is 11.4 Å². The number of aromatic nitrogens is 2. The van der Waals surface area contributed by atoms with Crippen LogP contribution >= 0.6 is 23.1 Å². The topological polar surface area (TPSA) is 70.4 Å². The lowest BCUT2D eigenvalue weighted by molar-refractivity contribution is -0.139. The number of rotatable bonds is 9. The van der Waals surface area contributed by atoms with Gasteiger partial charge >= 0.3 is 5.97 Å². The molecule has 0 aliphatic carbocycles. The van der Waals surface area contributed by atoms with Crippen molar-refractivity contribution < 1.29 is 14.3 Å². The molecule has 0 saturated heterocycles. The van der Waals surface area contributed by atoms with Crippen LogP contribution in [0.25, 0.3) is 15.9 Å². The van der Waals surface area contributed by atoms with Crippen molar-refractivity contribution in [3.05, 3.63) is 45.1 Å². The van der Waals surface area contributed by atoms with Crippen LogP contribution in [0.5, 0.6) is 5.75 Å². The molecule has 0 amide bonds. The Hall–Kier alpha value is -2.32. The first-order chi connectivity index (χ1) is 14.5. The van der Waals surface area contributed by atoms with Crippen LogP contribution in [-0.2, 0) is 16.0 Å². The highest BCUT2D eigenvalue weighted by Crippen LogP contribution is 2.31. The minimum atomic E-state index is -0.330. The molecule has 3 aromatic rings. The minimum absolute atomic E-state index is 0.0923. The molecule has 0 spiro atoms. The van der Waals surface area contributed by atoms with E-state index < -0.39 is 0 Å². The molecule has 0 unspecified atom stereocenters. The van der Waals surface area contributed by atoms with E-state index in [1.807, 2.05) is 38.1 Å². The lowest BCUT2D eigenvalue weighted by Crippen LogP contribution is -2.22. The van der Waals surface area contributed by atoms with E-state index in [-0.39, 0.29) is 17.3 Å². The largest absolute Gasteiger partial charge is 0.494 e. The molecule has 160 valence electrons. The summed E-state index contributed by atoms with van der Waals surface area (Å²) >= 11 is 2.77. The summed E-state index contributed by atoms with van der Waals surface area (Å²) in [7, 11) is 0. The van der Waals surface area contributed by atoms with Crippen molar-refractivity contribution in [2.24, 2.45) is 0 Å².